The highest BCUT2D eigenvalue weighted by atomic mass is 35.5. The van der Waals surface area contributed by atoms with Gasteiger partial charge in [0.15, 0.2) is 0 Å². The molecule has 0 saturated heterocycles. The third kappa shape index (κ3) is 4.92. The van der Waals surface area contributed by atoms with Gasteiger partial charge in [-0.1, -0.05) is 48.0 Å². The van der Waals surface area contributed by atoms with Crippen molar-refractivity contribution in [2.75, 3.05) is 5.32 Å². The summed E-state index contributed by atoms with van der Waals surface area (Å²) >= 11 is 6.12. The van der Waals surface area contributed by atoms with Crippen LogP contribution < -0.4 is 10.1 Å². The van der Waals surface area contributed by atoms with Crippen LogP contribution in [0.4, 0.5) is 5.69 Å². The number of para-hydroxylation sites is 1. The summed E-state index contributed by atoms with van der Waals surface area (Å²) in [5.41, 5.74) is 1.83. The normalized spacial score (nSPS) is 14.7. The van der Waals surface area contributed by atoms with Crippen LogP contribution in [0.3, 0.4) is 0 Å². The van der Waals surface area contributed by atoms with Crippen molar-refractivity contribution in [3.05, 3.63) is 94.5 Å². The molecular formula is C25H20ClN3O5. The Kier molecular flexibility index (Phi) is 6.60. The SMILES string of the molecule is CC(=O)Oc1ccccc1C1=NN(C(C)=O)[C@@H](c2cccc(NC(=O)c3ccccc3Cl)c2)O1. The van der Waals surface area contributed by atoms with Gasteiger partial charge in [0.25, 0.3) is 5.91 Å². The third-order valence-electron chi connectivity index (χ3n) is 4.89. The molecule has 1 heterocycles. The average molecular weight is 478 g/mol. The van der Waals surface area contributed by atoms with Crippen LogP contribution in [0, 0.1) is 0 Å². The fourth-order valence-electron chi connectivity index (χ4n) is 3.39. The van der Waals surface area contributed by atoms with E-state index in [1.54, 1.807) is 72.8 Å². The molecule has 0 fully saturated rings. The van der Waals surface area contributed by atoms with E-state index in [9.17, 15) is 14.4 Å². The van der Waals surface area contributed by atoms with Crippen LogP contribution in [0.2, 0.25) is 5.02 Å². The molecule has 1 aliphatic rings. The van der Waals surface area contributed by atoms with Gasteiger partial charge in [0.05, 0.1) is 16.1 Å². The number of anilines is 1. The minimum atomic E-state index is -0.880. The molecule has 2 amide bonds. The van der Waals surface area contributed by atoms with Gasteiger partial charge < -0.3 is 14.8 Å². The first kappa shape index (κ1) is 23.0. The standard InChI is InChI=1S/C25H20ClN3O5/c1-15(30)29-25(34-24(28-29)20-11-4-6-13-22(20)33-16(2)31)17-8-7-9-18(14-17)27-23(32)19-10-3-5-12-21(19)26/h3-14,25H,1-2H3,(H,27,32)/t25-/m1/s1. The summed E-state index contributed by atoms with van der Waals surface area (Å²) in [6.07, 6.45) is -0.880. The Morgan fingerprint density at radius 1 is 1.00 bits per heavy atom. The number of benzene rings is 3. The number of hydrogen-bond acceptors (Lipinski definition) is 6. The second kappa shape index (κ2) is 9.76. The lowest BCUT2D eigenvalue weighted by Crippen LogP contribution is -2.25. The summed E-state index contributed by atoms with van der Waals surface area (Å²) in [5, 5.41) is 8.64. The van der Waals surface area contributed by atoms with E-state index in [1.165, 1.54) is 18.9 Å². The van der Waals surface area contributed by atoms with Crippen molar-refractivity contribution in [1.82, 2.24) is 5.01 Å². The zero-order chi connectivity index (χ0) is 24.2. The Hall–Kier alpha value is -4.17. The molecule has 3 aromatic rings. The van der Waals surface area contributed by atoms with Crippen molar-refractivity contribution >= 4 is 41.0 Å². The van der Waals surface area contributed by atoms with Crippen molar-refractivity contribution < 1.29 is 23.9 Å². The van der Waals surface area contributed by atoms with E-state index < -0.39 is 12.2 Å². The number of hydrogen-bond donors (Lipinski definition) is 1. The third-order valence-corrected chi connectivity index (χ3v) is 5.22. The van der Waals surface area contributed by atoms with Crippen LogP contribution in [0.1, 0.15) is 41.6 Å². The molecule has 0 radical (unpaired) electrons. The van der Waals surface area contributed by atoms with E-state index in [2.05, 4.69) is 10.4 Å². The van der Waals surface area contributed by atoms with Gasteiger partial charge in [-0.05, 0) is 36.4 Å². The van der Waals surface area contributed by atoms with Gasteiger partial charge in [0.1, 0.15) is 5.75 Å². The molecule has 0 aliphatic carbocycles. The molecular weight excluding hydrogens is 458 g/mol. The highest BCUT2D eigenvalue weighted by Crippen LogP contribution is 2.33. The van der Waals surface area contributed by atoms with E-state index in [0.29, 0.717) is 27.4 Å². The molecule has 8 nitrogen and oxygen atoms in total. The van der Waals surface area contributed by atoms with Crippen LogP contribution in [-0.2, 0) is 14.3 Å². The smallest absolute Gasteiger partial charge is 0.308 e. The van der Waals surface area contributed by atoms with Crippen LogP contribution in [0.5, 0.6) is 5.75 Å². The van der Waals surface area contributed by atoms with E-state index in [4.69, 9.17) is 21.1 Å². The molecule has 1 N–H and O–H groups in total. The number of ether oxygens (including phenoxy) is 2. The fraction of sp³-hybridized carbons (Fsp3) is 0.120. The van der Waals surface area contributed by atoms with Crippen LogP contribution in [-0.4, -0.2) is 28.7 Å². The zero-order valence-electron chi connectivity index (χ0n) is 18.3. The highest BCUT2D eigenvalue weighted by molar-refractivity contribution is 6.34. The zero-order valence-corrected chi connectivity index (χ0v) is 19.1. The summed E-state index contributed by atoms with van der Waals surface area (Å²) in [5.74, 6) is -0.824. The monoisotopic (exact) mass is 477 g/mol. The maximum Gasteiger partial charge on any atom is 0.308 e. The maximum atomic E-state index is 12.6. The summed E-state index contributed by atoms with van der Waals surface area (Å²) < 4.78 is 11.3. The molecule has 4 rings (SSSR count). The topological polar surface area (TPSA) is 97.3 Å². The molecule has 9 heteroatoms. The quantitative estimate of drug-likeness (QED) is 0.422. The fourth-order valence-corrected chi connectivity index (χ4v) is 3.61. The Balaban J connectivity index is 1.60. The van der Waals surface area contributed by atoms with E-state index in [1.807, 2.05) is 0 Å². The van der Waals surface area contributed by atoms with Crippen molar-refractivity contribution in [2.24, 2.45) is 5.10 Å². The average Bonchev–Trinajstić information content (AvgIpc) is 3.25. The summed E-state index contributed by atoms with van der Waals surface area (Å²) in [6.45, 7) is 2.66. The lowest BCUT2D eigenvalue weighted by Gasteiger charge is -2.20. The summed E-state index contributed by atoms with van der Waals surface area (Å²) in [6, 6.07) is 20.3. The number of carbonyl (C=O) groups is 3. The van der Waals surface area contributed by atoms with Gasteiger partial charge in [0, 0.05) is 25.1 Å². The minimum absolute atomic E-state index is 0.127. The number of amides is 2. The van der Waals surface area contributed by atoms with Gasteiger partial charge in [0.2, 0.25) is 18.0 Å². The minimum Gasteiger partial charge on any atom is -0.446 e. The molecule has 34 heavy (non-hydrogen) atoms. The van der Waals surface area contributed by atoms with Crippen molar-refractivity contribution in [3.8, 4) is 5.75 Å². The lowest BCUT2D eigenvalue weighted by molar-refractivity contribution is -0.135. The number of hydrazone groups is 1. The molecule has 1 aliphatic heterocycles. The molecule has 0 saturated carbocycles. The molecule has 1 atom stereocenters. The van der Waals surface area contributed by atoms with E-state index >= 15 is 0 Å². The van der Waals surface area contributed by atoms with Gasteiger partial charge in [-0.3, -0.25) is 14.4 Å². The molecule has 0 spiro atoms. The number of carbonyl (C=O) groups excluding carboxylic acids is 3. The first-order valence-corrected chi connectivity index (χ1v) is 10.7. The number of nitrogens with zero attached hydrogens (tertiary/aromatic N) is 2. The Morgan fingerprint density at radius 2 is 1.74 bits per heavy atom. The van der Waals surface area contributed by atoms with Gasteiger partial charge in [-0.15, -0.1) is 5.10 Å². The Morgan fingerprint density at radius 3 is 2.47 bits per heavy atom. The van der Waals surface area contributed by atoms with Crippen LogP contribution in [0.25, 0.3) is 0 Å². The van der Waals surface area contributed by atoms with Gasteiger partial charge in [-0.25, -0.2) is 0 Å². The highest BCUT2D eigenvalue weighted by Gasteiger charge is 2.34. The molecule has 0 bridgehead atoms. The first-order chi connectivity index (χ1) is 16.3. The van der Waals surface area contributed by atoms with Crippen LogP contribution >= 0.6 is 11.6 Å². The molecule has 3 aromatic carbocycles. The summed E-state index contributed by atoms with van der Waals surface area (Å²) in [7, 11) is 0. The summed E-state index contributed by atoms with van der Waals surface area (Å²) in [4.78, 5) is 36.4. The lowest BCUT2D eigenvalue weighted by atomic mass is 10.1. The molecule has 0 unspecified atom stereocenters. The van der Waals surface area contributed by atoms with E-state index in [-0.39, 0.29) is 23.5 Å². The van der Waals surface area contributed by atoms with Crippen molar-refractivity contribution in [2.45, 2.75) is 20.1 Å². The molecule has 172 valence electrons. The van der Waals surface area contributed by atoms with Gasteiger partial charge in [-0.2, -0.15) is 5.01 Å². The Bertz CT molecular complexity index is 1310. The maximum absolute atomic E-state index is 12.6. The number of halogens is 1. The first-order valence-electron chi connectivity index (χ1n) is 10.3. The van der Waals surface area contributed by atoms with Crippen molar-refractivity contribution in [3.63, 3.8) is 0 Å². The second-order valence-corrected chi connectivity index (χ2v) is 7.80. The predicted molar refractivity (Wildman–Crippen MR) is 126 cm³/mol. The number of rotatable bonds is 5. The second-order valence-electron chi connectivity index (χ2n) is 7.39. The largest absolute Gasteiger partial charge is 0.446 e. The molecule has 0 aromatic heterocycles. The van der Waals surface area contributed by atoms with Gasteiger partial charge >= 0.3 is 5.97 Å². The van der Waals surface area contributed by atoms with E-state index in [0.717, 1.165) is 0 Å². The number of nitrogens with one attached hydrogen (secondary N) is 1. The van der Waals surface area contributed by atoms with Crippen LogP contribution in [0.15, 0.2) is 77.9 Å². The van der Waals surface area contributed by atoms with Crippen molar-refractivity contribution in [1.29, 1.82) is 0 Å². The Labute approximate surface area is 200 Å². The predicted octanol–water partition coefficient (Wildman–Crippen LogP) is 4.76. The number of esters is 1.